The average Bonchev–Trinajstić information content (AvgIpc) is 3.30. The summed E-state index contributed by atoms with van der Waals surface area (Å²) in [5.74, 6) is 4.41. The number of aromatic nitrogens is 2. The van der Waals surface area contributed by atoms with Gasteiger partial charge in [0.15, 0.2) is 17.3 Å². The zero-order valence-electron chi connectivity index (χ0n) is 15.5. The number of hydrogen-bond donors (Lipinski definition) is 1. The topological polar surface area (TPSA) is 76.9 Å². The quantitative estimate of drug-likeness (QED) is 0.844. The minimum Gasteiger partial charge on any atom is -0.488 e. The molecule has 1 aromatic heterocycles. The van der Waals surface area contributed by atoms with Gasteiger partial charge in [-0.05, 0) is 43.7 Å². The van der Waals surface area contributed by atoms with Crippen molar-refractivity contribution in [1.82, 2.24) is 9.97 Å². The van der Waals surface area contributed by atoms with Gasteiger partial charge in [0, 0.05) is 19.2 Å². The standard InChI is InChI=1S/C20H22ClN3O4/c1-11-22-7-15(21)20(23-11)24-8-12-4-16(25)18(5-13(12)9-24)28-14-2-3-17-19(6-14)27-10-26-17/h2-3,6-7,12-13,16,18,25H,4-5,8-10H2,1H3/t12-,13+,16+,18+/m0/s1. The molecule has 2 aliphatic heterocycles. The number of nitrogens with zero attached hydrogens (tertiary/aromatic N) is 3. The van der Waals surface area contributed by atoms with Gasteiger partial charge in [0.05, 0.1) is 12.3 Å². The molecule has 28 heavy (non-hydrogen) atoms. The van der Waals surface area contributed by atoms with Crippen molar-refractivity contribution in [1.29, 1.82) is 0 Å². The van der Waals surface area contributed by atoms with E-state index in [0.717, 1.165) is 31.1 Å². The minimum atomic E-state index is -0.505. The van der Waals surface area contributed by atoms with Crippen LogP contribution in [0.2, 0.25) is 5.02 Å². The highest BCUT2D eigenvalue weighted by Gasteiger charge is 2.43. The zero-order chi connectivity index (χ0) is 19.3. The molecular formula is C20H22ClN3O4. The van der Waals surface area contributed by atoms with Crippen LogP contribution in [0.5, 0.6) is 17.2 Å². The largest absolute Gasteiger partial charge is 0.488 e. The van der Waals surface area contributed by atoms with Crippen molar-refractivity contribution in [2.45, 2.75) is 32.0 Å². The number of aryl methyl sites for hydroxylation is 1. The first-order chi connectivity index (χ1) is 13.6. The number of aliphatic hydroxyl groups is 1. The fourth-order valence-electron chi connectivity index (χ4n) is 4.48. The van der Waals surface area contributed by atoms with Crippen LogP contribution in [0.25, 0.3) is 0 Å². The molecule has 8 heteroatoms. The molecule has 0 amide bonds. The van der Waals surface area contributed by atoms with E-state index in [2.05, 4.69) is 14.9 Å². The summed E-state index contributed by atoms with van der Waals surface area (Å²) in [4.78, 5) is 10.9. The molecule has 5 rings (SSSR count). The van der Waals surface area contributed by atoms with E-state index in [1.54, 1.807) is 6.20 Å². The molecule has 7 nitrogen and oxygen atoms in total. The van der Waals surface area contributed by atoms with Crippen LogP contribution in [-0.4, -0.2) is 47.2 Å². The molecule has 1 saturated carbocycles. The number of anilines is 1. The van der Waals surface area contributed by atoms with Gasteiger partial charge in [0.25, 0.3) is 0 Å². The van der Waals surface area contributed by atoms with Crippen molar-refractivity contribution in [3.05, 3.63) is 35.2 Å². The van der Waals surface area contributed by atoms with Crippen molar-refractivity contribution in [2.24, 2.45) is 11.8 Å². The van der Waals surface area contributed by atoms with E-state index >= 15 is 0 Å². The van der Waals surface area contributed by atoms with Crippen LogP contribution in [0.4, 0.5) is 5.82 Å². The Morgan fingerprint density at radius 3 is 2.82 bits per heavy atom. The SMILES string of the molecule is Cc1ncc(Cl)c(N2C[C@H]3C[C@@H](Oc4ccc5c(c4)OCO5)[C@H](O)C[C@H]3C2)n1. The summed E-state index contributed by atoms with van der Waals surface area (Å²) in [7, 11) is 0. The fourth-order valence-corrected chi connectivity index (χ4v) is 4.69. The van der Waals surface area contributed by atoms with Crippen molar-refractivity contribution in [2.75, 3.05) is 24.8 Å². The van der Waals surface area contributed by atoms with Crippen LogP contribution >= 0.6 is 11.6 Å². The number of halogens is 1. The van der Waals surface area contributed by atoms with Crippen LogP contribution in [0, 0.1) is 18.8 Å². The average molecular weight is 404 g/mol. The predicted molar refractivity (Wildman–Crippen MR) is 103 cm³/mol. The summed E-state index contributed by atoms with van der Waals surface area (Å²) < 4.78 is 16.9. The van der Waals surface area contributed by atoms with Gasteiger partial charge >= 0.3 is 0 Å². The van der Waals surface area contributed by atoms with E-state index in [-0.39, 0.29) is 12.9 Å². The molecule has 0 bridgehead atoms. The number of hydrogen-bond acceptors (Lipinski definition) is 7. The Bertz CT molecular complexity index is 896. The highest BCUT2D eigenvalue weighted by molar-refractivity contribution is 6.32. The Hall–Kier alpha value is -2.25. The lowest BCUT2D eigenvalue weighted by Gasteiger charge is -2.35. The lowest BCUT2D eigenvalue weighted by Crippen LogP contribution is -2.42. The third-order valence-corrected chi connectivity index (χ3v) is 6.13. The molecule has 0 radical (unpaired) electrons. The predicted octanol–water partition coefficient (Wildman–Crippen LogP) is 2.82. The summed E-state index contributed by atoms with van der Waals surface area (Å²) in [5, 5.41) is 11.2. The first kappa shape index (κ1) is 17.8. The zero-order valence-corrected chi connectivity index (χ0v) is 16.3. The highest BCUT2D eigenvalue weighted by Crippen LogP contribution is 2.41. The van der Waals surface area contributed by atoms with Crippen LogP contribution in [0.15, 0.2) is 24.4 Å². The van der Waals surface area contributed by atoms with Gasteiger partial charge in [-0.15, -0.1) is 0 Å². The molecule has 148 valence electrons. The van der Waals surface area contributed by atoms with E-state index < -0.39 is 6.10 Å². The lowest BCUT2D eigenvalue weighted by molar-refractivity contribution is -0.0232. The Morgan fingerprint density at radius 1 is 1.18 bits per heavy atom. The Labute approximate surface area is 168 Å². The second kappa shape index (κ2) is 6.97. The third-order valence-electron chi connectivity index (χ3n) is 5.86. The van der Waals surface area contributed by atoms with E-state index in [0.29, 0.717) is 40.6 Å². The van der Waals surface area contributed by atoms with E-state index in [4.69, 9.17) is 25.8 Å². The first-order valence-electron chi connectivity index (χ1n) is 9.55. The Kier molecular flexibility index (Phi) is 4.44. The van der Waals surface area contributed by atoms with Gasteiger partial charge in [-0.3, -0.25) is 0 Å². The molecule has 4 atom stereocenters. The third kappa shape index (κ3) is 3.22. The van der Waals surface area contributed by atoms with E-state index in [9.17, 15) is 5.11 Å². The van der Waals surface area contributed by atoms with Crippen molar-refractivity contribution >= 4 is 17.4 Å². The number of fused-ring (bicyclic) bond motifs is 2. The normalized spacial score (nSPS) is 28.3. The van der Waals surface area contributed by atoms with Gasteiger partial charge in [-0.2, -0.15) is 0 Å². The van der Waals surface area contributed by atoms with Crippen molar-refractivity contribution in [3.8, 4) is 17.2 Å². The molecule has 2 fully saturated rings. The molecule has 1 aromatic carbocycles. The Morgan fingerprint density at radius 2 is 1.96 bits per heavy atom. The number of benzene rings is 1. The molecule has 1 N–H and O–H groups in total. The molecule has 2 aromatic rings. The molecule has 0 spiro atoms. The van der Waals surface area contributed by atoms with Crippen molar-refractivity contribution < 1.29 is 19.3 Å². The van der Waals surface area contributed by atoms with Gasteiger partial charge < -0.3 is 24.2 Å². The maximum absolute atomic E-state index is 10.7. The van der Waals surface area contributed by atoms with Gasteiger partial charge in [0.1, 0.15) is 22.7 Å². The number of ether oxygens (including phenoxy) is 3. The number of rotatable bonds is 3. The smallest absolute Gasteiger partial charge is 0.231 e. The van der Waals surface area contributed by atoms with Crippen LogP contribution < -0.4 is 19.1 Å². The van der Waals surface area contributed by atoms with Crippen LogP contribution in [-0.2, 0) is 0 Å². The maximum Gasteiger partial charge on any atom is 0.231 e. The van der Waals surface area contributed by atoms with Gasteiger partial charge in [-0.1, -0.05) is 11.6 Å². The van der Waals surface area contributed by atoms with Crippen LogP contribution in [0.1, 0.15) is 18.7 Å². The molecule has 1 aliphatic carbocycles. The van der Waals surface area contributed by atoms with E-state index in [1.807, 2.05) is 25.1 Å². The lowest BCUT2D eigenvalue weighted by atomic mass is 9.78. The second-order valence-corrected chi connectivity index (χ2v) is 8.13. The second-order valence-electron chi connectivity index (χ2n) is 7.72. The molecule has 3 heterocycles. The summed E-state index contributed by atoms with van der Waals surface area (Å²) in [6.45, 7) is 3.79. The molecular weight excluding hydrogens is 382 g/mol. The number of aliphatic hydroxyl groups excluding tert-OH is 1. The van der Waals surface area contributed by atoms with Gasteiger partial charge in [0.2, 0.25) is 6.79 Å². The van der Waals surface area contributed by atoms with Crippen LogP contribution in [0.3, 0.4) is 0 Å². The van der Waals surface area contributed by atoms with Gasteiger partial charge in [-0.25, -0.2) is 9.97 Å². The summed E-state index contributed by atoms with van der Waals surface area (Å²) in [6.07, 6.45) is 2.40. The summed E-state index contributed by atoms with van der Waals surface area (Å²) >= 11 is 6.32. The molecule has 0 unspecified atom stereocenters. The summed E-state index contributed by atoms with van der Waals surface area (Å²) in [5.41, 5.74) is 0. The van der Waals surface area contributed by atoms with E-state index in [1.165, 1.54) is 0 Å². The fraction of sp³-hybridized carbons (Fsp3) is 0.500. The van der Waals surface area contributed by atoms with Crippen molar-refractivity contribution in [3.63, 3.8) is 0 Å². The minimum absolute atomic E-state index is 0.232. The molecule has 1 saturated heterocycles. The summed E-state index contributed by atoms with van der Waals surface area (Å²) in [6, 6.07) is 5.52. The molecule has 3 aliphatic rings. The first-order valence-corrected chi connectivity index (χ1v) is 9.93. The maximum atomic E-state index is 10.7. The Balaban J connectivity index is 1.29. The monoisotopic (exact) mass is 403 g/mol. The highest BCUT2D eigenvalue weighted by atomic mass is 35.5.